The molecule has 2 aliphatic heterocycles. The average molecular weight is 269 g/mol. The zero-order valence-electron chi connectivity index (χ0n) is 11.3. The Morgan fingerprint density at radius 1 is 0.900 bits per heavy atom. The van der Waals surface area contributed by atoms with Crippen LogP contribution < -0.4 is 0 Å². The van der Waals surface area contributed by atoms with Crippen molar-refractivity contribution in [2.24, 2.45) is 0 Å². The number of ether oxygens (including phenoxy) is 1. The largest absolute Gasteiger partial charge is 0.494 e. The van der Waals surface area contributed by atoms with E-state index in [1.165, 1.54) is 4.57 Å². The first-order chi connectivity index (χ1) is 9.46. The van der Waals surface area contributed by atoms with E-state index in [9.17, 15) is 10.2 Å². The first kappa shape index (κ1) is 11.6. The molecule has 2 atom stereocenters. The van der Waals surface area contributed by atoms with E-state index in [-0.39, 0.29) is 11.8 Å². The molecule has 0 saturated carbocycles. The summed E-state index contributed by atoms with van der Waals surface area (Å²) in [5, 5.41) is 21.1. The van der Waals surface area contributed by atoms with Crippen molar-refractivity contribution >= 4 is 0 Å². The van der Waals surface area contributed by atoms with Crippen molar-refractivity contribution < 1.29 is 14.9 Å². The third-order valence-electron chi connectivity index (χ3n) is 4.27. The molecular formula is C16H15NO3. The highest BCUT2D eigenvalue weighted by molar-refractivity contribution is 5.63. The molecule has 1 aromatic heterocycles. The molecule has 4 heteroatoms. The van der Waals surface area contributed by atoms with Crippen molar-refractivity contribution in [3.63, 3.8) is 0 Å². The van der Waals surface area contributed by atoms with Gasteiger partial charge >= 0.3 is 0 Å². The summed E-state index contributed by atoms with van der Waals surface area (Å²) in [6.45, 7) is 3.80. The maximum absolute atomic E-state index is 10.6. The van der Waals surface area contributed by atoms with Gasteiger partial charge in [-0.15, -0.1) is 0 Å². The maximum atomic E-state index is 10.6. The molecule has 0 radical (unpaired) electrons. The van der Waals surface area contributed by atoms with Crippen LogP contribution in [-0.4, -0.2) is 14.8 Å². The number of nitrogens with zero attached hydrogens (tertiary/aromatic N) is 1. The van der Waals surface area contributed by atoms with E-state index < -0.39 is 11.2 Å². The molecule has 0 fully saturated rings. The Hall–Kier alpha value is -2.20. The van der Waals surface area contributed by atoms with Gasteiger partial charge in [0.15, 0.2) is 0 Å². The number of aromatic hydroxyl groups is 2. The van der Waals surface area contributed by atoms with E-state index in [0.29, 0.717) is 11.1 Å². The van der Waals surface area contributed by atoms with Crippen LogP contribution in [0.25, 0.3) is 5.69 Å². The van der Waals surface area contributed by atoms with Crippen molar-refractivity contribution in [1.82, 2.24) is 4.57 Å². The van der Waals surface area contributed by atoms with E-state index in [0.717, 1.165) is 5.69 Å². The van der Waals surface area contributed by atoms with Crippen molar-refractivity contribution in [3.05, 3.63) is 53.6 Å². The molecule has 1 aromatic carbocycles. The Morgan fingerprint density at radius 2 is 1.40 bits per heavy atom. The Morgan fingerprint density at radius 3 is 1.90 bits per heavy atom. The van der Waals surface area contributed by atoms with E-state index >= 15 is 0 Å². The second-order valence-electron chi connectivity index (χ2n) is 5.72. The topological polar surface area (TPSA) is 54.6 Å². The van der Waals surface area contributed by atoms with Gasteiger partial charge in [-0.25, -0.2) is 0 Å². The SMILES string of the molecule is CC12C=CC(C)(O1)c1c2c(O)n(-c2ccccc2)c1O. The van der Waals surface area contributed by atoms with E-state index in [2.05, 4.69) is 0 Å². The molecule has 20 heavy (non-hydrogen) atoms. The number of rotatable bonds is 1. The zero-order chi connectivity index (χ0) is 14.1. The summed E-state index contributed by atoms with van der Waals surface area (Å²) in [5.41, 5.74) is 0.688. The van der Waals surface area contributed by atoms with Crippen LogP contribution >= 0.6 is 0 Å². The van der Waals surface area contributed by atoms with Gasteiger partial charge in [0.1, 0.15) is 11.2 Å². The normalized spacial score (nSPS) is 29.9. The van der Waals surface area contributed by atoms with Gasteiger partial charge < -0.3 is 14.9 Å². The van der Waals surface area contributed by atoms with Crippen molar-refractivity contribution in [1.29, 1.82) is 0 Å². The minimum absolute atomic E-state index is 0.0410. The molecule has 4 nitrogen and oxygen atoms in total. The molecule has 2 bridgehead atoms. The van der Waals surface area contributed by atoms with Gasteiger partial charge in [0.05, 0.1) is 16.8 Å². The van der Waals surface area contributed by atoms with Gasteiger partial charge in [0.25, 0.3) is 0 Å². The number of benzene rings is 1. The zero-order valence-corrected chi connectivity index (χ0v) is 11.3. The third-order valence-corrected chi connectivity index (χ3v) is 4.27. The fraction of sp³-hybridized carbons (Fsp3) is 0.250. The molecule has 0 aliphatic carbocycles. The summed E-state index contributed by atoms with van der Waals surface area (Å²) in [6.07, 6.45) is 3.87. The first-order valence-electron chi connectivity index (χ1n) is 6.60. The van der Waals surface area contributed by atoms with Crippen LogP contribution in [0.3, 0.4) is 0 Å². The van der Waals surface area contributed by atoms with Gasteiger partial charge in [-0.1, -0.05) is 18.2 Å². The standard InChI is InChI=1S/C16H15NO3/c1-15-8-9-16(2,20-15)12-11(15)13(18)17(14(12)19)10-6-4-3-5-7-10/h3-9,18-19H,1-2H3. The van der Waals surface area contributed by atoms with Crippen molar-refractivity contribution in [2.75, 3.05) is 0 Å². The number of hydrogen-bond donors (Lipinski definition) is 2. The van der Waals surface area contributed by atoms with E-state index in [4.69, 9.17) is 4.74 Å². The highest BCUT2D eigenvalue weighted by Crippen LogP contribution is 2.60. The van der Waals surface area contributed by atoms with Crippen LogP contribution in [0.5, 0.6) is 11.8 Å². The lowest BCUT2D eigenvalue weighted by atomic mass is 9.86. The minimum Gasteiger partial charge on any atom is -0.494 e. The Balaban J connectivity index is 2.05. The number of hydrogen-bond acceptors (Lipinski definition) is 3. The lowest BCUT2D eigenvalue weighted by Gasteiger charge is -2.21. The van der Waals surface area contributed by atoms with Crippen LogP contribution in [0.4, 0.5) is 0 Å². The quantitative estimate of drug-likeness (QED) is 0.783. The second-order valence-corrected chi connectivity index (χ2v) is 5.72. The minimum atomic E-state index is -0.675. The predicted molar refractivity (Wildman–Crippen MR) is 74.0 cm³/mol. The maximum Gasteiger partial charge on any atom is 0.205 e. The molecule has 2 unspecified atom stereocenters. The van der Waals surface area contributed by atoms with Crippen molar-refractivity contribution in [2.45, 2.75) is 25.0 Å². The molecule has 0 spiro atoms. The highest BCUT2D eigenvalue weighted by Gasteiger charge is 2.56. The predicted octanol–water partition coefficient (Wildman–Crippen LogP) is 2.92. The lowest BCUT2D eigenvalue weighted by molar-refractivity contribution is -0.0517. The molecule has 102 valence electrons. The molecule has 4 rings (SSSR count). The summed E-state index contributed by atoms with van der Waals surface area (Å²) in [5.74, 6) is 0.0820. The summed E-state index contributed by atoms with van der Waals surface area (Å²) in [6, 6.07) is 9.31. The monoisotopic (exact) mass is 269 g/mol. The van der Waals surface area contributed by atoms with Gasteiger partial charge in [-0.05, 0) is 38.1 Å². The molecule has 0 saturated heterocycles. The van der Waals surface area contributed by atoms with Crippen LogP contribution in [0, 0.1) is 0 Å². The number of fused-ring (bicyclic) bond motifs is 5. The third kappa shape index (κ3) is 1.15. The number of para-hydroxylation sites is 1. The van der Waals surface area contributed by atoms with Gasteiger partial charge in [-0.3, -0.25) is 4.57 Å². The van der Waals surface area contributed by atoms with Crippen LogP contribution in [0.1, 0.15) is 25.0 Å². The van der Waals surface area contributed by atoms with Crippen LogP contribution in [0.2, 0.25) is 0 Å². The first-order valence-corrected chi connectivity index (χ1v) is 6.60. The molecule has 2 aromatic rings. The van der Waals surface area contributed by atoms with Crippen molar-refractivity contribution in [3.8, 4) is 17.4 Å². The average Bonchev–Trinajstić information content (AvgIpc) is 2.96. The molecular weight excluding hydrogens is 254 g/mol. The fourth-order valence-electron chi connectivity index (χ4n) is 3.40. The second kappa shape index (κ2) is 3.27. The highest BCUT2D eigenvalue weighted by atomic mass is 16.5. The van der Waals surface area contributed by atoms with Gasteiger partial charge in [-0.2, -0.15) is 0 Å². The Kier molecular flexibility index (Phi) is 1.90. The van der Waals surface area contributed by atoms with Gasteiger partial charge in [0.2, 0.25) is 11.8 Å². The van der Waals surface area contributed by atoms with Crippen LogP contribution in [0.15, 0.2) is 42.5 Å². The van der Waals surface area contributed by atoms with Crippen LogP contribution in [-0.2, 0) is 15.9 Å². The summed E-state index contributed by atoms with van der Waals surface area (Å²) in [7, 11) is 0. The van der Waals surface area contributed by atoms with E-state index in [1.807, 2.05) is 56.3 Å². The molecule has 2 aliphatic rings. The van der Waals surface area contributed by atoms with Gasteiger partial charge in [0, 0.05) is 0 Å². The summed E-state index contributed by atoms with van der Waals surface area (Å²) >= 11 is 0. The summed E-state index contributed by atoms with van der Waals surface area (Å²) in [4.78, 5) is 0. The Bertz CT molecular complexity index is 705. The summed E-state index contributed by atoms with van der Waals surface area (Å²) < 4.78 is 7.43. The Labute approximate surface area is 116 Å². The fourth-order valence-corrected chi connectivity index (χ4v) is 3.40. The lowest BCUT2D eigenvalue weighted by Crippen LogP contribution is -2.19. The smallest absolute Gasteiger partial charge is 0.205 e. The molecule has 0 amide bonds. The molecule has 2 N–H and O–H groups in total. The van der Waals surface area contributed by atoms with E-state index in [1.54, 1.807) is 0 Å². The molecule has 3 heterocycles. The number of aromatic nitrogens is 1.